The molecule has 0 radical (unpaired) electrons. The number of hydrogen-bond acceptors (Lipinski definition) is 5. The van der Waals surface area contributed by atoms with Gasteiger partial charge >= 0.3 is 0 Å². The molecule has 1 amide bonds. The molecule has 1 aromatic heterocycles. The predicted molar refractivity (Wildman–Crippen MR) is 67.9 cm³/mol. The van der Waals surface area contributed by atoms with Gasteiger partial charge in [-0.15, -0.1) is 10.2 Å². The van der Waals surface area contributed by atoms with Gasteiger partial charge in [0.25, 0.3) is 5.91 Å². The van der Waals surface area contributed by atoms with Crippen LogP contribution < -0.4 is 0 Å². The van der Waals surface area contributed by atoms with E-state index in [0.29, 0.717) is 25.5 Å². The summed E-state index contributed by atoms with van der Waals surface area (Å²) < 4.78 is 25.6. The number of carbonyl (C=O) groups is 1. The maximum atomic E-state index is 12.0. The Morgan fingerprint density at radius 1 is 1.32 bits per heavy atom. The van der Waals surface area contributed by atoms with E-state index in [0.717, 1.165) is 6.26 Å². The molecule has 0 aliphatic carbocycles. The van der Waals surface area contributed by atoms with Gasteiger partial charge in [0.15, 0.2) is 0 Å². The Balaban J connectivity index is 2.26. The van der Waals surface area contributed by atoms with Crippen LogP contribution in [0.5, 0.6) is 0 Å². The molecule has 2 rings (SSSR count). The minimum atomic E-state index is -3.28. The monoisotopic (exact) mass is 287 g/mol. The van der Waals surface area contributed by atoms with Gasteiger partial charge in [0.2, 0.25) is 15.8 Å². The number of fused-ring (bicyclic) bond motifs is 1. The second kappa shape index (κ2) is 4.89. The van der Waals surface area contributed by atoms with Gasteiger partial charge in [0.05, 0.1) is 12.8 Å². The van der Waals surface area contributed by atoms with Crippen LogP contribution in [-0.2, 0) is 23.1 Å². The first-order valence-corrected chi connectivity index (χ1v) is 7.82. The van der Waals surface area contributed by atoms with Crippen LogP contribution >= 0.6 is 0 Å². The smallest absolute Gasteiger partial charge is 0.291 e. The first kappa shape index (κ1) is 13.9. The molecule has 1 aliphatic heterocycles. The largest absolute Gasteiger partial charge is 0.334 e. The van der Waals surface area contributed by atoms with Crippen LogP contribution in [0.15, 0.2) is 0 Å². The molecule has 9 heteroatoms. The van der Waals surface area contributed by atoms with Crippen molar-refractivity contribution in [2.24, 2.45) is 0 Å². The van der Waals surface area contributed by atoms with Crippen LogP contribution in [-0.4, -0.2) is 64.7 Å². The van der Waals surface area contributed by atoms with E-state index in [1.807, 2.05) is 6.92 Å². The normalized spacial score (nSPS) is 16.0. The summed E-state index contributed by atoms with van der Waals surface area (Å²) in [6, 6.07) is 0. The third-order valence-corrected chi connectivity index (χ3v) is 4.47. The summed E-state index contributed by atoms with van der Waals surface area (Å²) in [7, 11) is -1.81. The minimum Gasteiger partial charge on any atom is -0.334 e. The maximum absolute atomic E-state index is 12.0. The molecule has 1 aromatic rings. The van der Waals surface area contributed by atoms with Crippen molar-refractivity contribution in [1.82, 2.24) is 24.0 Å². The van der Waals surface area contributed by atoms with Gasteiger partial charge in [-0.05, 0) is 6.92 Å². The molecule has 0 N–H and O–H groups in total. The van der Waals surface area contributed by atoms with Crippen LogP contribution in [0.3, 0.4) is 0 Å². The van der Waals surface area contributed by atoms with E-state index in [4.69, 9.17) is 0 Å². The third kappa shape index (κ3) is 2.61. The Morgan fingerprint density at radius 3 is 2.58 bits per heavy atom. The van der Waals surface area contributed by atoms with Crippen LogP contribution in [0.25, 0.3) is 0 Å². The molecule has 19 heavy (non-hydrogen) atoms. The van der Waals surface area contributed by atoms with Crippen molar-refractivity contribution in [2.75, 3.05) is 26.4 Å². The van der Waals surface area contributed by atoms with E-state index in [9.17, 15) is 13.2 Å². The lowest BCUT2D eigenvalue weighted by Gasteiger charge is -2.26. The molecule has 0 atom stereocenters. The number of amides is 1. The van der Waals surface area contributed by atoms with Gasteiger partial charge in [-0.3, -0.25) is 4.79 Å². The zero-order valence-electron chi connectivity index (χ0n) is 11.2. The average molecular weight is 287 g/mol. The van der Waals surface area contributed by atoms with Gasteiger partial charge in [0, 0.05) is 26.7 Å². The van der Waals surface area contributed by atoms with Crippen molar-refractivity contribution in [3.63, 3.8) is 0 Å². The number of nitrogens with zero attached hydrogens (tertiary/aromatic N) is 5. The fourth-order valence-electron chi connectivity index (χ4n) is 1.93. The third-order valence-electron chi connectivity index (χ3n) is 3.21. The number of hydrogen-bond donors (Lipinski definition) is 0. The van der Waals surface area contributed by atoms with Gasteiger partial charge in [0.1, 0.15) is 5.82 Å². The molecule has 1 aliphatic rings. The molecular formula is C10H17N5O3S. The van der Waals surface area contributed by atoms with E-state index in [1.165, 1.54) is 11.4 Å². The lowest BCUT2D eigenvalue weighted by Crippen LogP contribution is -2.41. The number of sulfonamides is 1. The van der Waals surface area contributed by atoms with E-state index in [1.54, 1.807) is 9.47 Å². The van der Waals surface area contributed by atoms with Crippen LogP contribution in [0, 0.1) is 0 Å². The maximum Gasteiger partial charge on any atom is 0.291 e. The van der Waals surface area contributed by atoms with Gasteiger partial charge in [-0.2, -0.15) is 4.31 Å². The van der Waals surface area contributed by atoms with Crippen molar-refractivity contribution in [1.29, 1.82) is 0 Å². The number of carbonyl (C=O) groups excluding carboxylic acids is 1. The summed E-state index contributed by atoms with van der Waals surface area (Å²) in [5, 5.41) is 7.80. The summed E-state index contributed by atoms with van der Waals surface area (Å²) in [6.07, 6.45) is 1.13. The zero-order valence-corrected chi connectivity index (χ0v) is 12.0. The SMILES string of the molecule is CCN1CCn2c(CN(C)S(C)(=O)=O)nnc2C1=O. The summed E-state index contributed by atoms with van der Waals surface area (Å²) in [4.78, 5) is 13.7. The molecule has 8 nitrogen and oxygen atoms in total. The fourth-order valence-corrected chi connectivity index (χ4v) is 2.28. The Kier molecular flexibility index (Phi) is 3.59. The lowest BCUT2D eigenvalue weighted by atomic mass is 10.3. The van der Waals surface area contributed by atoms with Crippen molar-refractivity contribution in [2.45, 2.75) is 20.0 Å². The van der Waals surface area contributed by atoms with E-state index in [2.05, 4.69) is 10.2 Å². The molecule has 106 valence electrons. The highest BCUT2D eigenvalue weighted by molar-refractivity contribution is 7.88. The molecular weight excluding hydrogens is 270 g/mol. The van der Waals surface area contributed by atoms with Crippen molar-refractivity contribution < 1.29 is 13.2 Å². The second-order valence-electron chi connectivity index (χ2n) is 4.50. The Bertz CT molecular complexity index is 594. The molecule has 0 saturated carbocycles. The van der Waals surface area contributed by atoms with Crippen LogP contribution in [0.2, 0.25) is 0 Å². The minimum absolute atomic E-state index is 0.116. The predicted octanol–water partition coefficient (Wildman–Crippen LogP) is -0.855. The molecule has 2 heterocycles. The molecule has 0 fully saturated rings. The molecule has 0 spiro atoms. The van der Waals surface area contributed by atoms with E-state index >= 15 is 0 Å². The lowest BCUT2D eigenvalue weighted by molar-refractivity contribution is 0.0705. The second-order valence-corrected chi connectivity index (χ2v) is 6.58. The highest BCUT2D eigenvalue weighted by Crippen LogP contribution is 2.14. The topological polar surface area (TPSA) is 88.4 Å². The summed E-state index contributed by atoms with van der Waals surface area (Å²) >= 11 is 0. The zero-order chi connectivity index (χ0) is 14.2. The van der Waals surface area contributed by atoms with E-state index < -0.39 is 10.0 Å². The Hall–Kier alpha value is -1.48. The van der Waals surface area contributed by atoms with E-state index in [-0.39, 0.29) is 18.3 Å². The van der Waals surface area contributed by atoms with Crippen molar-refractivity contribution in [3.8, 4) is 0 Å². The highest BCUT2D eigenvalue weighted by Gasteiger charge is 2.28. The quantitative estimate of drug-likeness (QED) is 0.719. The first-order valence-electron chi connectivity index (χ1n) is 5.97. The first-order chi connectivity index (χ1) is 8.84. The van der Waals surface area contributed by atoms with Crippen LogP contribution in [0.1, 0.15) is 23.4 Å². The summed E-state index contributed by atoms with van der Waals surface area (Å²) in [6.45, 7) is 3.84. The molecule has 0 aromatic carbocycles. The molecule has 0 bridgehead atoms. The van der Waals surface area contributed by atoms with Gasteiger partial charge in [-0.1, -0.05) is 0 Å². The fraction of sp³-hybridized carbons (Fsp3) is 0.700. The van der Waals surface area contributed by atoms with Gasteiger partial charge in [-0.25, -0.2) is 8.42 Å². The van der Waals surface area contributed by atoms with Crippen LogP contribution in [0.4, 0.5) is 0 Å². The highest BCUT2D eigenvalue weighted by atomic mass is 32.2. The summed E-state index contributed by atoms with van der Waals surface area (Å²) in [5.74, 6) is 0.617. The average Bonchev–Trinajstić information content (AvgIpc) is 2.73. The number of aromatic nitrogens is 3. The Morgan fingerprint density at radius 2 is 2.00 bits per heavy atom. The molecule has 0 saturated heterocycles. The van der Waals surface area contributed by atoms with Crippen molar-refractivity contribution >= 4 is 15.9 Å². The van der Waals surface area contributed by atoms with Gasteiger partial charge < -0.3 is 9.47 Å². The standard InChI is InChI=1S/C10H17N5O3S/c1-4-14-5-6-15-8(7-13(2)19(3,17)18)11-12-9(15)10(14)16/h4-7H2,1-3H3. The summed E-state index contributed by atoms with van der Waals surface area (Å²) in [5.41, 5.74) is 0. The number of likely N-dealkylation sites (N-methyl/N-ethyl adjacent to an activating group) is 1. The molecule has 0 unspecified atom stereocenters. The Labute approximate surface area is 112 Å². The number of rotatable bonds is 4. The van der Waals surface area contributed by atoms with Crippen molar-refractivity contribution in [3.05, 3.63) is 11.6 Å².